The fraction of sp³-hybridized carbons (Fsp3) is 0.296. The van der Waals surface area contributed by atoms with E-state index in [1.807, 2.05) is 6.92 Å². The van der Waals surface area contributed by atoms with Crippen molar-refractivity contribution in [2.24, 2.45) is 0 Å². The molecule has 0 fully saturated rings. The fourth-order valence-corrected chi connectivity index (χ4v) is 3.26. The van der Waals surface area contributed by atoms with E-state index < -0.39 is 11.7 Å². The van der Waals surface area contributed by atoms with E-state index >= 15 is 0 Å². The molecule has 0 bridgehead atoms. The Morgan fingerprint density at radius 1 is 0.973 bits per heavy atom. The number of nitrogens with zero attached hydrogens (tertiary/aromatic N) is 5. The van der Waals surface area contributed by atoms with E-state index in [0.29, 0.717) is 34.9 Å². The molecule has 10 heteroatoms. The number of pyridine rings is 2. The molecule has 1 aromatic carbocycles. The lowest BCUT2D eigenvalue weighted by Crippen LogP contribution is -2.09. The summed E-state index contributed by atoms with van der Waals surface area (Å²) in [4.78, 5) is 17.2. The number of alkyl halides is 3. The van der Waals surface area contributed by atoms with Gasteiger partial charge >= 0.3 is 6.18 Å². The minimum absolute atomic E-state index is 0.0453. The topological polar surface area (TPSA) is 96.6 Å². The Bertz CT molecular complexity index is 1370. The molecular weight excluding hydrogens is 481 g/mol. The van der Waals surface area contributed by atoms with Crippen molar-refractivity contribution in [1.82, 2.24) is 19.9 Å². The molecular formula is C27H27F3N6O. The standard InChI is InChI=1S/C24H19F3N6O.C3H8/c1-2-12-34-14-20-32-22(30-16-7-5-15(13-28)6-8-16)17-9-10-19(31-23(17)33-20)21-18(24(25,26)27)4-3-11-29-21;1-3-2/h3-11H,2,12,14H2,1H3,(H,30,31,32,33);3H2,1-2H3. The molecule has 3 heterocycles. The summed E-state index contributed by atoms with van der Waals surface area (Å²) in [6.07, 6.45) is -1.22. The monoisotopic (exact) mass is 508 g/mol. The predicted molar refractivity (Wildman–Crippen MR) is 136 cm³/mol. The van der Waals surface area contributed by atoms with Gasteiger partial charge in [-0.2, -0.15) is 18.4 Å². The van der Waals surface area contributed by atoms with Gasteiger partial charge in [0, 0.05) is 18.5 Å². The summed E-state index contributed by atoms with van der Waals surface area (Å²) in [5.74, 6) is 0.750. The molecule has 0 aliphatic rings. The molecule has 192 valence electrons. The van der Waals surface area contributed by atoms with Crippen LogP contribution in [0.3, 0.4) is 0 Å². The number of nitrogens with one attached hydrogen (secondary N) is 1. The number of anilines is 2. The van der Waals surface area contributed by atoms with Gasteiger partial charge in [0.15, 0.2) is 11.5 Å². The average molecular weight is 509 g/mol. The Morgan fingerprint density at radius 2 is 1.70 bits per heavy atom. The Kier molecular flexibility index (Phi) is 9.46. The van der Waals surface area contributed by atoms with Crippen LogP contribution in [0.2, 0.25) is 0 Å². The molecule has 7 nitrogen and oxygen atoms in total. The minimum atomic E-state index is -4.58. The summed E-state index contributed by atoms with van der Waals surface area (Å²) >= 11 is 0. The number of nitriles is 1. The van der Waals surface area contributed by atoms with E-state index in [1.54, 1.807) is 30.3 Å². The van der Waals surface area contributed by atoms with E-state index in [9.17, 15) is 13.2 Å². The van der Waals surface area contributed by atoms with Gasteiger partial charge < -0.3 is 10.1 Å². The van der Waals surface area contributed by atoms with Crippen molar-refractivity contribution < 1.29 is 17.9 Å². The lowest BCUT2D eigenvalue weighted by atomic mass is 10.1. The molecule has 1 N–H and O–H groups in total. The molecule has 0 saturated carbocycles. The Balaban J connectivity index is 0.00000121. The van der Waals surface area contributed by atoms with Crippen LogP contribution >= 0.6 is 0 Å². The third-order valence-corrected chi connectivity index (χ3v) is 4.82. The molecule has 0 spiro atoms. The van der Waals surface area contributed by atoms with E-state index in [-0.39, 0.29) is 23.6 Å². The average Bonchev–Trinajstić information content (AvgIpc) is 2.89. The van der Waals surface area contributed by atoms with Gasteiger partial charge in [-0.1, -0.05) is 27.2 Å². The summed E-state index contributed by atoms with van der Waals surface area (Å²) in [5, 5.41) is 12.7. The Morgan fingerprint density at radius 3 is 2.35 bits per heavy atom. The molecule has 0 saturated heterocycles. The molecule has 37 heavy (non-hydrogen) atoms. The van der Waals surface area contributed by atoms with Gasteiger partial charge in [0.25, 0.3) is 0 Å². The zero-order valence-corrected chi connectivity index (χ0v) is 20.8. The van der Waals surface area contributed by atoms with Crippen molar-refractivity contribution >= 4 is 22.5 Å². The number of fused-ring (bicyclic) bond motifs is 1. The van der Waals surface area contributed by atoms with Crippen LogP contribution in [-0.4, -0.2) is 26.5 Å². The van der Waals surface area contributed by atoms with Gasteiger partial charge in [-0.15, -0.1) is 0 Å². The summed E-state index contributed by atoms with van der Waals surface area (Å²) in [5.41, 5.74) is 0.280. The van der Waals surface area contributed by atoms with Crippen LogP contribution in [0.25, 0.3) is 22.4 Å². The van der Waals surface area contributed by atoms with Crippen molar-refractivity contribution in [3.8, 4) is 17.5 Å². The van der Waals surface area contributed by atoms with Gasteiger partial charge in [0.05, 0.1) is 28.3 Å². The number of hydrogen-bond donors (Lipinski definition) is 1. The maximum Gasteiger partial charge on any atom is 0.418 e. The Labute approximate surface area is 213 Å². The van der Waals surface area contributed by atoms with Crippen molar-refractivity contribution in [3.63, 3.8) is 0 Å². The second kappa shape index (κ2) is 12.7. The first-order valence-electron chi connectivity index (χ1n) is 11.9. The normalized spacial score (nSPS) is 10.9. The first-order valence-corrected chi connectivity index (χ1v) is 11.9. The van der Waals surface area contributed by atoms with Crippen molar-refractivity contribution in [3.05, 3.63) is 71.7 Å². The maximum absolute atomic E-state index is 13.5. The summed E-state index contributed by atoms with van der Waals surface area (Å²) in [7, 11) is 0. The van der Waals surface area contributed by atoms with E-state index in [1.165, 1.54) is 24.8 Å². The zero-order valence-electron chi connectivity index (χ0n) is 20.8. The molecule has 3 aromatic heterocycles. The molecule has 4 aromatic rings. The number of benzene rings is 1. The molecule has 0 radical (unpaired) electrons. The van der Waals surface area contributed by atoms with Crippen molar-refractivity contribution in [2.75, 3.05) is 11.9 Å². The second-order valence-corrected chi connectivity index (χ2v) is 8.03. The predicted octanol–water partition coefficient (Wildman–Crippen LogP) is 7.06. The number of ether oxygens (including phenoxy) is 1. The van der Waals surface area contributed by atoms with Gasteiger partial charge in [-0.3, -0.25) is 4.98 Å². The lowest BCUT2D eigenvalue weighted by molar-refractivity contribution is -0.137. The van der Waals surface area contributed by atoms with Crippen LogP contribution in [0.5, 0.6) is 0 Å². The van der Waals surface area contributed by atoms with Crippen LogP contribution in [0, 0.1) is 11.3 Å². The molecule has 0 aliphatic carbocycles. The van der Waals surface area contributed by atoms with Crippen molar-refractivity contribution in [1.29, 1.82) is 5.26 Å². The molecule has 0 atom stereocenters. The van der Waals surface area contributed by atoms with Gasteiger partial charge in [-0.05, 0) is 55.0 Å². The third kappa shape index (κ3) is 7.21. The Hall–Kier alpha value is -4.10. The molecule has 0 amide bonds. The number of aromatic nitrogens is 4. The maximum atomic E-state index is 13.5. The van der Waals surface area contributed by atoms with E-state index in [0.717, 1.165) is 12.5 Å². The largest absolute Gasteiger partial charge is 0.418 e. The van der Waals surface area contributed by atoms with E-state index in [2.05, 4.69) is 45.2 Å². The smallest absolute Gasteiger partial charge is 0.373 e. The zero-order chi connectivity index (χ0) is 26.8. The highest BCUT2D eigenvalue weighted by Gasteiger charge is 2.34. The van der Waals surface area contributed by atoms with Crippen molar-refractivity contribution in [2.45, 2.75) is 46.4 Å². The minimum Gasteiger partial charge on any atom is -0.373 e. The number of hydrogen-bond acceptors (Lipinski definition) is 7. The molecule has 0 aliphatic heterocycles. The SMILES string of the molecule is CCC.CCCOCc1nc(Nc2ccc(C#N)cc2)c2ccc(-c3ncccc3C(F)(F)F)nc2n1. The van der Waals surface area contributed by atoms with Crippen LogP contribution in [0.4, 0.5) is 24.7 Å². The van der Waals surface area contributed by atoms with Crippen LogP contribution in [0.15, 0.2) is 54.7 Å². The van der Waals surface area contributed by atoms with Crippen LogP contribution in [0.1, 0.15) is 50.6 Å². The summed E-state index contributed by atoms with van der Waals surface area (Å²) in [6, 6.07) is 14.1. The highest BCUT2D eigenvalue weighted by molar-refractivity contribution is 5.90. The highest BCUT2D eigenvalue weighted by atomic mass is 19.4. The lowest BCUT2D eigenvalue weighted by Gasteiger charge is -2.13. The summed E-state index contributed by atoms with van der Waals surface area (Å²) in [6.45, 7) is 6.85. The molecule has 4 rings (SSSR count). The first kappa shape index (κ1) is 27.5. The first-order chi connectivity index (χ1) is 17.8. The van der Waals surface area contributed by atoms with Crippen LogP contribution < -0.4 is 5.32 Å². The quantitative estimate of drug-likeness (QED) is 0.267. The van der Waals surface area contributed by atoms with Gasteiger partial charge in [0.2, 0.25) is 0 Å². The summed E-state index contributed by atoms with van der Waals surface area (Å²) < 4.78 is 46.1. The molecule has 0 unspecified atom stereocenters. The third-order valence-electron chi connectivity index (χ3n) is 4.82. The van der Waals surface area contributed by atoms with Crippen LogP contribution in [-0.2, 0) is 17.5 Å². The fourth-order valence-electron chi connectivity index (χ4n) is 3.26. The van der Waals surface area contributed by atoms with Gasteiger partial charge in [-0.25, -0.2) is 15.0 Å². The van der Waals surface area contributed by atoms with Gasteiger partial charge in [0.1, 0.15) is 18.1 Å². The highest BCUT2D eigenvalue weighted by Crippen LogP contribution is 2.36. The number of halogens is 3. The number of rotatable bonds is 7. The second-order valence-electron chi connectivity index (χ2n) is 8.03. The van der Waals surface area contributed by atoms with E-state index in [4.69, 9.17) is 10.00 Å².